The van der Waals surface area contributed by atoms with Gasteiger partial charge in [0.05, 0.1) is 10.6 Å². The van der Waals surface area contributed by atoms with Gasteiger partial charge in [-0.25, -0.2) is 4.79 Å². The molecule has 2 aliphatic heterocycles. The Bertz CT molecular complexity index is 509. The number of aliphatic carboxylic acids is 1. The summed E-state index contributed by atoms with van der Waals surface area (Å²) in [5.74, 6) is -1.37. The zero-order chi connectivity index (χ0) is 15.6. The van der Waals surface area contributed by atoms with E-state index < -0.39 is 12.1 Å². The molecule has 0 aliphatic carbocycles. The van der Waals surface area contributed by atoms with Crippen molar-refractivity contribution in [1.29, 1.82) is 0 Å². The van der Waals surface area contributed by atoms with Gasteiger partial charge in [0.1, 0.15) is 5.37 Å². The van der Waals surface area contributed by atoms with E-state index in [1.54, 1.807) is 0 Å². The molecule has 3 N–H and O–H groups in total. The molecule has 3 atom stereocenters. The van der Waals surface area contributed by atoms with Gasteiger partial charge < -0.3 is 15.6 Å². The summed E-state index contributed by atoms with van der Waals surface area (Å²) in [6, 6.07) is 0. The monoisotopic (exact) mass is 331 g/mol. The Labute approximate surface area is 131 Å². The predicted octanol–water partition coefficient (Wildman–Crippen LogP) is 0.669. The smallest absolute Gasteiger partial charge is 0.354 e. The number of thioether (sulfide) groups is 2. The van der Waals surface area contributed by atoms with Gasteiger partial charge >= 0.3 is 5.97 Å². The van der Waals surface area contributed by atoms with Gasteiger partial charge in [-0.2, -0.15) is 0 Å². The fourth-order valence-corrected chi connectivity index (χ4v) is 5.20. The number of hydrogen-bond acceptors (Lipinski definition) is 6. The van der Waals surface area contributed by atoms with Gasteiger partial charge in [-0.3, -0.25) is 14.7 Å². The summed E-state index contributed by atoms with van der Waals surface area (Å²) in [4.78, 5) is 28.6. The number of nitrogens with two attached hydrogens (primary N) is 1. The summed E-state index contributed by atoms with van der Waals surface area (Å²) in [6.45, 7) is 2.59. The highest BCUT2D eigenvalue weighted by Gasteiger charge is 2.56. The van der Waals surface area contributed by atoms with Crippen LogP contribution in [0.4, 0.5) is 0 Å². The van der Waals surface area contributed by atoms with Gasteiger partial charge in [0.25, 0.3) is 5.91 Å². The zero-order valence-electron chi connectivity index (χ0n) is 11.7. The number of fused-ring (bicyclic) bond motifs is 1. The average molecular weight is 331 g/mol. The number of carboxylic acid groups (broad SMARTS) is 1. The van der Waals surface area contributed by atoms with Crippen LogP contribution in [0, 0.1) is 0 Å². The van der Waals surface area contributed by atoms with E-state index >= 15 is 0 Å². The molecular formula is C12H17N3O4S2. The summed E-state index contributed by atoms with van der Waals surface area (Å²) in [6.07, 6.45) is 1.48. The molecule has 0 spiro atoms. The SMILES string of the molecule is COC1C(=O)N2C(C(=O)O)=C(SC(C)CCN=CN)S[C@H]12. The molecule has 0 aromatic rings. The van der Waals surface area contributed by atoms with Crippen LogP contribution in [0.3, 0.4) is 0 Å². The molecule has 2 aliphatic rings. The Balaban J connectivity index is 2.07. The molecule has 0 aromatic heterocycles. The molecule has 0 saturated carbocycles. The second-order valence-corrected chi connectivity index (χ2v) is 7.42. The van der Waals surface area contributed by atoms with Crippen LogP contribution in [-0.2, 0) is 14.3 Å². The van der Waals surface area contributed by atoms with E-state index in [0.717, 1.165) is 6.42 Å². The minimum Gasteiger partial charge on any atom is -0.477 e. The third-order valence-electron chi connectivity index (χ3n) is 3.19. The molecule has 21 heavy (non-hydrogen) atoms. The number of nitrogens with zero attached hydrogens (tertiary/aromatic N) is 2. The zero-order valence-corrected chi connectivity index (χ0v) is 13.3. The van der Waals surface area contributed by atoms with Crippen molar-refractivity contribution >= 4 is 41.7 Å². The van der Waals surface area contributed by atoms with Crippen LogP contribution in [0.5, 0.6) is 0 Å². The first-order valence-corrected chi connectivity index (χ1v) is 8.14. The van der Waals surface area contributed by atoms with Crippen LogP contribution in [-0.4, -0.2) is 58.6 Å². The van der Waals surface area contributed by atoms with Crippen molar-refractivity contribution in [3.8, 4) is 0 Å². The predicted molar refractivity (Wildman–Crippen MR) is 82.9 cm³/mol. The molecule has 1 fully saturated rings. The lowest BCUT2D eigenvalue weighted by atomic mass is 10.1. The van der Waals surface area contributed by atoms with Crippen LogP contribution >= 0.6 is 23.5 Å². The van der Waals surface area contributed by atoms with Gasteiger partial charge in [0.2, 0.25) is 0 Å². The Kier molecular flexibility index (Phi) is 5.17. The van der Waals surface area contributed by atoms with Crippen molar-refractivity contribution in [2.75, 3.05) is 13.7 Å². The van der Waals surface area contributed by atoms with Gasteiger partial charge in [-0.05, 0) is 6.42 Å². The average Bonchev–Trinajstić information content (AvgIpc) is 2.75. The minimum absolute atomic E-state index is 0.0717. The van der Waals surface area contributed by atoms with Crippen molar-refractivity contribution in [2.24, 2.45) is 10.7 Å². The largest absolute Gasteiger partial charge is 0.477 e. The Morgan fingerprint density at radius 3 is 3.00 bits per heavy atom. The number of carbonyl (C=O) groups excluding carboxylic acids is 1. The molecule has 0 aromatic carbocycles. The molecule has 2 rings (SSSR count). The van der Waals surface area contributed by atoms with Gasteiger partial charge in [-0.15, -0.1) is 11.8 Å². The number of carboxylic acids is 1. The topological polar surface area (TPSA) is 105 Å². The highest BCUT2D eigenvalue weighted by Crippen LogP contribution is 2.52. The highest BCUT2D eigenvalue weighted by molar-refractivity contribution is 8.23. The quantitative estimate of drug-likeness (QED) is 0.401. The van der Waals surface area contributed by atoms with Crippen LogP contribution in [0.15, 0.2) is 14.9 Å². The molecule has 2 unspecified atom stereocenters. The lowest BCUT2D eigenvalue weighted by Gasteiger charge is -2.40. The maximum absolute atomic E-state index is 11.9. The Morgan fingerprint density at radius 1 is 1.71 bits per heavy atom. The number of carbonyl (C=O) groups is 2. The molecule has 1 saturated heterocycles. The molecule has 2 heterocycles. The van der Waals surface area contributed by atoms with Crippen LogP contribution in [0.25, 0.3) is 0 Å². The summed E-state index contributed by atoms with van der Waals surface area (Å²) in [7, 11) is 1.46. The lowest BCUT2D eigenvalue weighted by molar-refractivity contribution is -0.161. The lowest BCUT2D eigenvalue weighted by Crippen LogP contribution is -2.61. The van der Waals surface area contributed by atoms with E-state index in [2.05, 4.69) is 4.99 Å². The second kappa shape index (κ2) is 6.71. The van der Waals surface area contributed by atoms with E-state index in [9.17, 15) is 14.7 Å². The Morgan fingerprint density at radius 2 is 2.43 bits per heavy atom. The Hall–Kier alpha value is -1.19. The fraction of sp³-hybridized carbons (Fsp3) is 0.583. The summed E-state index contributed by atoms with van der Waals surface area (Å²) < 4.78 is 5.76. The molecule has 7 nitrogen and oxygen atoms in total. The third kappa shape index (κ3) is 3.04. The highest BCUT2D eigenvalue weighted by atomic mass is 32.2. The molecule has 116 valence electrons. The molecule has 9 heteroatoms. The number of β-lactam (4-membered cyclic amide) rings is 1. The second-order valence-electron chi connectivity index (χ2n) is 4.59. The number of ether oxygens (including phenoxy) is 1. The molecule has 0 bridgehead atoms. The van der Waals surface area contributed by atoms with E-state index in [0.29, 0.717) is 10.8 Å². The number of hydrogen-bond donors (Lipinski definition) is 2. The number of rotatable bonds is 7. The normalized spacial score (nSPS) is 26.2. The van der Waals surface area contributed by atoms with Gasteiger partial charge in [0, 0.05) is 18.9 Å². The van der Waals surface area contributed by atoms with Crippen LogP contribution in [0.1, 0.15) is 13.3 Å². The first kappa shape index (κ1) is 16.2. The first-order chi connectivity index (χ1) is 10.0. The van der Waals surface area contributed by atoms with E-state index in [4.69, 9.17) is 10.5 Å². The van der Waals surface area contributed by atoms with Crippen molar-refractivity contribution in [3.63, 3.8) is 0 Å². The van der Waals surface area contributed by atoms with E-state index in [-0.39, 0.29) is 22.2 Å². The van der Waals surface area contributed by atoms with Crippen molar-refractivity contribution in [2.45, 2.75) is 30.1 Å². The first-order valence-electron chi connectivity index (χ1n) is 6.38. The fourth-order valence-electron chi connectivity index (χ4n) is 2.12. The van der Waals surface area contributed by atoms with Gasteiger partial charge in [0.15, 0.2) is 11.8 Å². The van der Waals surface area contributed by atoms with Crippen LogP contribution < -0.4 is 5.73 Å². The third-order valence-corrected chi connectivity index (χ3v) is 5.92. The summed E-state index contributed by atoms with van der Waals surface area (Å²) in [5.41, 5.74) is 5.25. The van der Waals surface area contributed by atoms with E-state index in [1.165, 1.54) is 41.9 Å². The van der Waals surface area contributed by atoms with E-state index in [1.807, 2.05) is 6.92 Å². The molecule has 0 radical (unpaired) electrons. The summed E-state index contributed by atoms with van der Waals surface area (Å²) in [5, 5.41) is 9.27. The number of amides is 1. The summed E-state index contributed by atoms with van der Waals surface area (Å²) >= 11 is 2.83. The van der Waals surface area contributed by atoms with Crippen molar-refractivity contribution < 1.29 is 19.4 Å². The number of aliphatic imine (C=N–C) groups is 1. The molecular weight excluding hydrogens is 314 g/mol. The van der Waals surface area contributed by atoms with Gasteiger partial charge in [-0.1, -0.05) is 18.7 Å². The van der Waals surface area contributed by atoms with Crippen LogP contribution in [0.2, 0.25) is 0 Å². The minimum atomic E-state index is -1.08. The maximum atomic E-state index is 11.9. The standard InChI is InChI=1S/C12H17N3O4S2/c1-6(3-4-14-5-13)20-12-7(11(17)18)15-9(16)8(19-2)10(15)21-12/h5-6,8,10H,3-4H2,1-2H3,(H2,13,14)(H,17,18)/t6?,8?,10-/m1/s1. The molecule has 1 amide bonds. The van der Waals surface area contributed by atoms with Crippen molar-refractivity contribution in [1.82, 2.24) is 4.90 Å². The maximum Gasteiger partial charge on any atom is 0.354 e. The van der Waals surface area contributed by atoms with Crippen molar-refractivity contribution in [3.05, 3.63) is 9.93 Å². The number of methoxy groups -OCH3 is 1.